The normalized spacial score (nSPS) is 26.3. The predicted molar refractivity (Wildman–Crippen MR) is 98.3 cm³/mol. The number of anilines is 1. The van der Waals surface area contributed by atoms with Gasteiger partial charge in [0.1, 0.15) is 5.00 Å². The van der Waals surface area contributed by atoms with Crippen molar-refractivity contribution >= 4 is 34.2 Å². The highest BCUT2D eigenvalue weighted by atomic mass is 32.1. The summed E-state index contributed by atoms with van der Waals surface area (Å²) in [5.74, 6) is -3.02. The summed E-state index contributed by atoms with van der Waals surface area (Å²) in [4.78, 5) is 37.7. The molecule has 0 aliphatic heterocycles. The predicted octanol–water partition coefficient (Wildman–Crippen LogP) is 3.51. The summed E-state index contributed by atoms with van der Waals surface area (Å²) < 4.78 is 5.09. The molecule has 1 fully saturated rings. The number of esters is 1. The van der Waals surface area contributed by atoms with Crippen molar-refractivity contribution in [3.63, 3.8) is 0 Å². The van der Waals surface area contributed by atoms with Gasteiger partial charge in [-0.05, 0) is 37.2 Å². The number of rotatable bonds is 6. The number of aliphatic carboxylic acids is 1. The lowest BCUT2D eigenvalue weighted by Crippen LogP contribution is -2.36. The molecule has 0 spiro atoms. The Morgan fingerprint density at radius 2 is 1.92 bits per heavy atom. The van der Waals surface area contributed by atoms with E-state index in [-0.39, 0.29) is 30.3 Å². The largest absolute Gasteiger partial charge is 0.481 e. The lowest BCUT2D eigenvalue weighted by atomic mass is 9.82. The number of carbonyl (C=O) groups excluding carboxylic acids is 2. The Morgan fingerprint density at radius 1 is 1.27 bits per heavy atom. The maximum atomic E-state index is 12.9. The SMILES string of the molecule is CCOC(=O)c1cc(C(C)C)sc1NC(=O)[C@H]1[C@@H](C(=O)O)[C@H]2C=C[C@H]1C2. The average molecular weight is 377 g/mol. The second-order valence-corrected chi connectivity index (χ2v) is 8.18. The zero-order chi connectivity index (χ0) is 19.0. The van der Waals surface area contributed by atoms with E-state index in [9.17, 15) is 19.5 Å². The number of amides is 1. The highest BCUT2D eigenvalue weighted by Gasteiger charge is 2.51. The Labute approximate surface area is 156 Å². The highest BCUT2D eigenvalue weighted by molar-refractivity contribution is 7.16. The molecule has 1 saturated carbocycles. The minimum atomic E-state index is -0.943. The number of hydrogen-bond donors (Lipinski definition) is 2. The van der Waals surface area contributed by atoms with Gasteiger partial charge in [-0.15, -0.1) is 11.3 Å². The fourth-order valence-corrected chi connectivity index (χ4v) is 4.91. The van der Waals surface area contributed by atoms with E-state index in [4.69, 9.17) is 4.74 Å². The third kappa shape index (κ3) is 3.28. The molecule has 1 aromatic heterocycles. The molecule has 2 aliphatic carbocycles. The van der Waals surface area contributed by atoms with E-state index in [1.807, 2.05) is 26.0 Å². The zero-order valence-electron chi connectivity index (χ0n) is 15.0. The van der Waals surface area contributed by atoms with Crippen molar-refractivity contribution in [3.05, 3.63) is 28.7 Å². The Kier molecular flexibility index (Phi) is 5.18. The molecule has 0 radical (unpaired) electrons. The van der Waals surface area contributed by atoms with Crippen LogP contribution in [0.2, 0.25) is 0 Å². The Hall–Kier alpha value is -2.15. The number of ether oxygens (including phenoxy) is 1. The molecule has 6 nitrogen and oxygen atoms in total. The number of fused-ring (bicyclic) bond motifs is 2. The molecule has 0 unspecified atom stereocenters. The number of allylic oxidation sites excluding steroid dienone is 2. The van der Waals surface area contributed by atoms with Crippen LogP contribution in [0, 0.1) is 23.7 Å². The lowest BCUT2D eigenvalue weighted by molar-refractivity contribution is -0.146. The van der Waals surface area contributed by atoms with Crippen LogP contribution in [0.25, 0.3) is 0 Å². The molecule has 1 amide bonds. The van der Waals surface area contributed by atoms with E-state index >= 15 is 0 Å². The molecule has 2 aliphatic rings. The van der Waals surface area contributed by atoms with Gasteiger partial charge < -0.3 is 15.2 Å². The lowest BCUT2D eigenvalue weighted by Gasteiger charge is -2.23. The van der Waals surface area contributed by atoms with Crippen LogP contribution in [0.5, 0.6) is 0 Å². The average Bonchev–Trinajstić information content (AvgIpc) is 3.28. The van der Waals surface area contributed by atoms with Crippen molar-refractivity contribution in [3.8, 4) is 0 Å². The zero-order valence-corrected chi connectivity index (χ0v) is 15.8. The second kappa shape index (κ2) is 7.23. The van der Waals surface area contributed by atoms with E-state index in [1.165, 1.54) is 11.3 Å². The molecule has 1 aromatic rings. The standard InChI is InChI=1S/C19H23NO5S/c1-4-25-19(24)12-8-13(9(2)3)26-17(12)20-16(21)14-10-5-6-11(7-10)15(14)18(22)23/h5-6,8-11,14-15H,4,7H2,1-3H3,(H,20,21)(H,22,23)/t10-,11-,14+,15-/m0/s1. The van der Waals surface area contributed by atoms with Crippen molar-refractivity contribution in [1.82, 2.24) is 0 Å². The Morgan fingerprint density at radius 3 is 2.50 bits per heavy atom. The van der Waals surface area contributed by atoms with Crippen LogP contribution in [-0.2, 0) is 14.3 Å². The van der Waals surface area contributed by atoms with E-state index in [2.05, 4.69) is 5.32 Å². The molecular weight excluding hydrogens is 354 g/mol. The first-order chi connectivity index (χ1) is 12.3. The van der Waals surface area contributed by atoms with E-state index < -0.39 is 23.8 Å². The fourth-order valence-electron chi connectivity index (χ4n) is 3.86. The van der Waals surface area contributed by atoms with Crippen molar-refractivity contribution in [1.29, 1.82) is 0 Å². The second-order valence-electron chi connectivity index (χ2n) is 7.09. The number of nitrogens with one attached hydrogen (secondary N) is 1. The summed E-state index contributed by atoms with van der Waals surface area (Å²) >= 11 is 1.34. The van der Waals surface area contributed by atoms with Gasteiger partial charge in [0, 0.05) is 4.88 Å². The first kappa shape index (κ1) is 18.6. The minimum Gasteiger partial charge on any atom is -0.481 e. The van der Waals surface area contributed by atoms with Gasteiger partial charge in [0.15, 0.2) is 0 Å². The first-order valence-corrected chi connectivity index (χ1v) is 9.68. The smallest absolute Gasteiger partial charge is 0.341 e. The third-order valence-electron chi connectivity index (χ3n) is 5.10. The molecule has 0 aromatic carbocycles. The Bertz CT molecular complexity index is 766. The number of carboxylic acids is 1. The van der Waals surface area contributed by atoms with E-state index in [0.717, 1.165) is 4.88 Å². The summed E-state index contributed by atoms with van der Waals surface area (Å²) in [6.07, 6.45) is 4.54. The summed E-state index contributed by atoms with van der Waals surface area (Å²) in [6, 6.07) is 1.75. The van der Waals surface area contributed by atoms with Crippen molar-refractivity contribution in [2.24, 2.45) is 23.7 Å². The maximum absolute atomic E-state index is 12.9. The maximum Gasteiger partial charge on any atom is 0.341 e. The topological polar surface area (TPSA) is 92.7 Å². The van der Waals surface area contributed by atoms with Gasteiger partial charge in [-0.2, -0.15) is 0 Å². The number of carbonyl (C=O) groups is 3. The van der Waals surface area contributed by atoms with Crippen LogP contribution in [0.3, 0.4) is 0 Å². The fraction of sp³-hybridized carbons (Fsp3) is 0.526. The monoisotopic (exact) mass is 377 g/mol. The van der Waals surface area contributed by atoms with Gasteiger partial charge in [-0.25, -0.2) is 4.79 Å². The Balaban J connectivity index is 1.86. The molecule has 26 heavy (non-hydrogen) atoms. The summed E-state index contributed by atoms with van der Waals surface area (Å²) in [5.41, 5.74) is 0.333. The van der Waals surface area contributed by atoms with Crippen LogP contribution in [0.4, 0.5) is 5.00 Å². The van der Waals surface area contributed by atoms with Crippen molar-refractivity contribution in [2.45, 2.75) is 33.1 Å². The van der Waals surface area contributed by atoms with Gasteiger partial charge in [-0.1, -0.05) is 26.0 Å². The van der Waals surface area contributed by atoms with Gasteiger partial charge in [0.05, 0.1) is 24.0 Å². The molecule has 3 rings (SSSR count). The van der Waals surface area contributed by atoms with Crippen LogP contribution in [-0.4, -0.2) is 29.6 Å². The van der Waals surface area contributed by atoms with Gasteiger partial charge >= 0.3 is 11.9 Å². The molecular formula is C19H23NO5S. The molecule has 7 heteroatoms. The minimum absolute atomic E-state index is 0.0586. The molecule has 4 atom stereocenters. The van der Waals surface area contributed by atoms with Gasteiger partial charge in [0.2, 0.25) is 5.91 Å². The number of hydrogen-bond acceptors (Lipinski definition) is 5. The first-order valence-electron chi connectivity index (χ1n) is 8.86. The molecule has 2 N–H and O–H groups in total. The van der Waals surface area contributed by atoms with Crippen molar-refractivity contribution < 1.29 is 24.2 Å². The molecule has 140 valence electrons. The van der Waals surface area contributed by atoms with Crippen LogP contribution >= 0.6 is 11.3 Å². The summed E-state index contributed by atoms with van der Waals surface area (Å²) in [6.45, 7) is 5.99. The number of carboxylic acid groups (broad SMARTS) is 1. The molecule has 2 bridgehead atoms. The molecule has 0 saturated heterocycles. The van der Waals surface area contributed by atoms with Gasteiger partial charge in [0.25, 0.3) is 0 Å². The molecule has 1 heterocycles. The summed E-state index contributed by atoms with van der Waals surface area (Å²) in [7, 11) is 0. The van der Waals surface area contributed by atoms with Crippen LogP contribution in [0.1, 0.15) is 48.3 Å². The van der Waals surface area contributed by atoms with Crippen molar-refractivity contribution in [2.75, 3.05) is 11.9 Å². The van der Waals surface area contributed by atoms with Crippen LogP contribution in [0.15, 0.2) is 18.2 Å². The van der Waals surface area contributed by atoms with E-state index in [0.29, 0.717) is 17.0 Å². The quantitative estimate of drug-likeness (QED) is 0.585. The summed E-state index contributed by atoms with van der Waals surface area (Å²) in [5, 5.41) is 12.8. The highest BCUT2D eigenvalue weighted by Crippen LogP contribution is 2.48. The number of thiophene rings is 1. The van der Waals surface area contributed by atoms with Gasteiger partial charge in [-0.3, -0.25) is 9.59 Å². The van der Waals surface area contributed by atoms with Crippen LogP contribution < -0.4 is 5.32 Å². The third-order valence-corrected chi connectivity index (χ3v) is 6.45. The van der Waals surface area contributed by atoms with E-state index in [1.54, 1.807) is 13.0 Å².